The highest BCUT2D eigenvalue weighted by Gasteiger charge is 2.53. The molecule has 0 saturated heterocycles. The molecular formula is C27H27Cl2N3O3. The quantitative estimate of drug-likeness (QED) is 0.487. The van der Waals surface area contributed by atoms with Crippen molar-refractivity contribution in [3.63, 3.8) is 0 Å². The number of nitrogens with two attached hydrogens (primary N) is 1. The highest BCUT2D eigenvalue weighted by Crippen LogP contribution is 2.48. The molecule has 0 radical (unpaired) electrons. The Morgan fingerprint density at radius 2 is 1.69 bits per heavy atom. The third-order valence-corrected chi connectivity index (χ3v) is 6.58. The second-order valence-corrected chi connectivity index (χ2v) is 10.3. The number of fused-ring (bicyclic) bond motifs is 1. The smallest absolute Gasteiger partial charge is 0.256 e. The molecule has 0 aliphatic carbocycles. The Morgan fingerprint density at radius 3 is 2.34 bits per heavy atom. The first kappa shape index (κ1) is 25.0. The molecule has 3 aromatic rings. The maximum atomic E-state index is 14.1. The average Bonchev–Trinajstić information content (AvgIpc) is 3.01. The number of halogens is 2. The van der Waals surface area contributed by atoms with Crippen molar-refractivity contribution in [3.8, 4) is 5.75 Å². The van der Waals surface area contributed by atoms with E-state index in [1.165, 1.54) is 0 Å². The first-order valence-electron chi connectivity index (χ1n) is 11.1. The van der Waals surface area contributed by atoms with Gasteiger partial charge in [0.05, 0.1) is 29.9 Å². The number of nitrogens with one attached hydrogen (secondary N) is 1. The largest absolute Gasteiger partial charge is 0.496 e. The van der Waals surface area contributed by atoms with Crippen molar-refractivity contribution >= 4 is 40.7 Å². The Labute approximate surface area is 215 Å². The number of methoxy groups -OCH3 is 1. The zero-order chi connectivity index (χ0) is 25.5. The molecule has 2 amide bonds. The summed E-state index contributed by atoms with van der Waals surface area (Å²) in [5.41, 5.74) is 6.85. The van der Waals surface area contributed by atoms with Gasteiger partial charge in [0.2, 0.25) is 0 Å². The van der Waals surface area contributed by atoms with E-state index in [0.29, 0.717) is 27.6 Å². The van der Waals surface area contributed by atoms with Crippen molar-refractivity contribution in [2.24, 2.45) is 5.73 Å². The molecule has 1 heterocycles. The standard InChI is InChI=1S/C27H27Cl2N3O3/c1-26(2,3)31-24(33)22-19(29)13-14-20-23(22)27(30,17-10-6-7-11-18(17)28)25(34)32(20)15-16-9-5-8-12-21(16)35-4/h5-14H,15,30H2,1-4H3,(H,31,33). The topological polar surface area (TPSA) is 84.7 Å². The van der Waals surface area contributed by atoms with E-state index in [1.807, 2.05) is 45.0 Å². The fraction of sp³-hybridized carbons (Fsp3) is 0.259. The van der Waals surface area contributed by atoms with E-state index in [4.69, 9.17) is 33.7 Å². The van der Waals surface area contributed by atoms with Gasteiger partial charge in [-0.25, -0.2) is 0 Å². The lowest BCUT2D eigenvalue weighted by Crippen LogP contribution is -2.49. The molecular weight excluding hydrogens is 485 g/mol. The Balaban J connectivity index is 1.98. The van der Waals surface area contributed by atoms with E-state index >= 15 is 0 Å². The highest BCUT2D eigenvalue weighted by atomic mass is 35.5. The molecule has 0 saturated carbocycles. The lowest BCUT2D eigenvalue weighted by atomic mass is 9.82. The Hall–Kier alpha value is -3.06. The van der Waals surface area contributed by atoms with Gasteiger partial charge in [0.15, 0.2) is 5.54 Å². The van der Waals surface area contributed by atoms with Crippen LogP contribution in [0.5, 0.6) is 5.75 Å². The number of hydrogen-bond donors (Lipinski definition) is 2. The number of nitrogens with zero attached hydrogens (tertiary/aromatic N) is 1. The minimum atomic E-state index is -1.73. The summed E-state index contributed by atoms with van der Waals surface area (Å²) < 4.78 is 5.49. The number of para-hydroxylation sites is 1. The van der Waals surface area contributed by atoms with Crippen LogP contribution >= 0.6 is 23.2 Å². The van der Waals surface area contributed by atoms with Gasteiger partial charge in [0, 0.05) is 27.3 Å². The van der Waals surface area contributed by atoms with Crippen LogP contribution in [-0.2, 0) is 16.9 Å². The molecule has 1 aliphatic heterocycles. The van der Waals surface area contributed by atoms with Crippen molar-refractivity contribution in [1.82, 2.24) is 5.32 Å². The number of hydrogen-bond acceptors (Lipinski definition) is 4. The van der Waals surface area contributed by atoms with Crippen LogP contribution < -0.4 is 20.7 Å². The van der Waals surface area contributed by atoms with Gasteiger partial charge in [0.1, 0.15) is 5.75 Å². The number of carbonyl (C=O) groups is 2. The molecule has 3 aromatic carbocycles. The van der Waals surface area contributed by atoms with Crippen LogP contribution in [0, 0.1) is 0 Å². The molecule has 1 aliphatic rings. The number of anilines is 1. The van der Waals surface area contributed by atoms with E-state index in [1.54, 1.807) is 48.4 Å². The molecule has 1 atom stereocenters. The number of rotatable bonds is 5. The van der Waals surface area contributed by atoms with Crippen LogP contribution in [0.2, 0.25) is 10.0 Å². The van der Waals surface area contributed by atoms with E-state index in [2.05, 4.69) is 5.32 Å². The van der Waals surface area contributed by atoms with Gasteiger partial charge in [-0.2, -0.15) is 0 Å². The maximum Gasteiger partial charge on any atom is 0.256 e. The van der Waals surface area contributed by atoms with Crippen LogP contribution in [0.4, 0.5) is 5.69 Å². The van der Waals surface area contributed by atoms with Gasteiger partial charge in [-0.1, -0.05) is 59.6 Å². The predicted molar refractivity (Wildman–Crippen MR) is 139 cm³/mol. The van der Waals surface area contributed by atoms with Gasteiger partial charge < -0.3 is 20.7 Å². The van der Waals surface area contributed by atoms with Crippen LogP contribution in [0.25, 0.3) is 0 Å². The zero-order valence-electron chi connectivity index (χ0n) is 20.0. The van der Waals surface area contributed by atoms with Crippen LogP contribution in [0.15, 0.2) is 60.7 Å². The Kier molecular flexibility index (Phi) is 6.58. The number of benzene rings is 3. The van der Waals surface area contributed by atoms with Gasteiger partial charge in [-0.3, -0.25) is 9.59 Å². The van der Waals surface area contributed by atoms with Crippen molar-refractivity contribution in [2.45, 2.75) is 38.4 Å². The molecule has 0 spiro atoms. The number of ether oxygens (including phenoxy) is 1. The van der Waals surface area contributed by atoms with Crippen molar-refractivity contribution in [3.05, 3.63) is 93.0 Å². The summed E-state index contributed by atoms with van der Waals surface area (Å²) in [6.45, 7) is 5.78. The van der Waals surface area contributed by atoms with E-state index in [-0.39, 0.29) is 17.1 Å². The molecule has 6 nitrogen and oxygen atoms in total. The van der Waals surface area contributed by atoms with Crippen molar-refractivity contribution in [1.29, 1.82) is 0 Å². The second-order valence-electron chi connectivity index (χ2n) is 9.51. The van der Waals surface area contributed by atoms with Crippen molar-refractivity contribution in [2.75, 3.05) is 12.0 Å². The van der Waals surface area contributed by atoms with Gasteiger partial charge in [0.25, 0.3) is 11.8 Å². The fourth-order valence-corrected chi connectivity index (χ4v) is 4.96. The van der Waals surface area contributed by atoms with Crippen LogP contribution in [0.1, 0.15) is 47.8 Å². The summed E-state index contributed by atoms with van der Waals surface area (Å²) in [7, 11) is 1.57. The van der Waals surface area contributed by atoms with Gasteiger partial charge in [-0.15, -0.1) is 0 Å². The summed E-state index contributed by atoms with van der Waals surface area (Å²) in [5.74, 6) is -0.208. The summed E-state index contributed by atoms with van der Waals surface area (Å²) in [5, 5.41) is 3.45. The highest BCUT2D eigenvalue weighted by molar-refractivity contribution is 6.35. The van der Waals surface area contributed by atoms with E-state index < -0.39 is 22.9 Å². The number of amides is 2. The van der Waals surface area contributed by atoms with Gasteiger partial charge >= 0.3 is 0 Å². The molecule has 4 rings (SSSR count). The van der Waals surface area contributed by atoms with Crippen LogP contribution in [0.3, 0.4) is 0 Å². The Bertz CT molecular complexity index is 1320. The maximum absolute atomic E-state index is 14.1. The monoisotopic (exact) mass is 511 g/mol. The SMILES string of the molecule is COc1ccccc1CN1C(=O)C(N)(c2ccccc2Cl)c2c1ccc(Cl)c2C(=O)NC(C)(C)C. The second kappa shape index (κ2) is 9.19. The molecule has 1 unspecified atom stereocenters. The average molecular weight is 512 g/mol. The predicted octanol–water partition coefficient (Wildman–Crippen LogP) is 5.28. The lowest BCUT2D eigenvalue weighted by Gasteiger charge is -2.28. The normalized spacial score (nSPS) is 17.3. The minimum Gasteiger partial charge on any atom is -0.496 e. The van der Waals surface area contributed by atoms with Gasteiger partial charge in [-0.05, 0) is 45.0 Å². The lowest BCUT2D eigenvalue weighted by molar-refractivity contribution is -0.121. The first-order valence-corrected chi connectivity index (χ1v) is 11.9. The third kappa shape index (κ3) is 4.38. The van der Waals surface area contributed by atoms with E-state index in [0.717, 1.165) is 5.56 Å². The fourth-order valence-electron chi connectivity index (χ4n) is 4.44. The molecule has 182 valence electrons. The molecule has 0 aromatic heterocycles. The van der Waals surface area contributed by atoms with E-state index in [9.17, 15) is 9.59 Å². The summed E-state index contributed by atoms with van der Waals surface area (Å²) in [6.07, 6.45) is 0. The third-order valence-electron chi connectivity index (χ3n) is 5.94. The summed E-state index contributed by atoms with van der Waals surface area (Å²) >= 11 is 13.1. The summed E-state index contributed by atoms with van der Waals surface area (Å²) in [4.78, 5) is 29.2. The molecule has 0 fully saturated rings. The zero-order valence-corrected chi connectivity index (χ0v) is 21.5. The Morgan fingerprint density at radius 1 is 1.03 bits per heavy atom. The summed E-state index contributed by atoms with van der Waals surface area (Å²) in [6, 6.07) is 17.6. The molecule has 8 heteroatoms. The first-order chi connectivity index (χ1) is 16.5. The van der Waals surface area contributed by atoms with Crippen molar-refractivity contribution < 1.29 is 14.3 Å². The number of carbonyl (C=O) groups excluding carboxylic acids is 2. The molecule has 35 heavy (non-hydrogen) atoms. The minimum absolute atomic E-state index is 0.150. The van der Waals surface area contributed by atoms with Crippen LogP contribution in [-0.4, -0.2) is 24.5 Å². The molecule has 3 N–H and O–H groups in total. The molecule has 0 bridgehead atoms.